The minimum Gasteiger partial charge on any atom is -0.469 e. The van der Waals surface area contributed by atoms with Crippen LogP contribution in [-0.2, 0) is 23.8 Å². The number of hydrogen-bond acceptors (Lipinski definition) is 7. The molecule has 1 unspecified atom stereocenters. The zero-order chi connectivity index (χ0) is 32.3. The number of methoxy groups -OCH3 is 1. The van der Waals surface area contributed by atoms with Gasteiger partial charge in [-0.05, 0) is 117 Å². The zero-order valence-electron chi connectivity index (χ0n) is 28.7. The van der Waals surface area contributed by atoms with Crippen LogP contribution in [0.25, 0.3) is 0 Å². The van der Waals surface area contributed by atoms with E-state index in [2.05, 4.69) is 54.5 Å². The lowest BCUT2D eigenvalue weighted by Gasteiger charge is -2.70. The summed E-state index contributed by atoms with van der Waals surface area (Å²) in [6.45, 7) is 18.1. The number of allylic oxidation sites excluding steroid dienone is 2. The Morgan fingerprint density at radius 2 is 1.64 bits per heavy atom. The summed E-state index contributed by atoms with van der Waals surface area (Å²) in [5.41, 5.74) is 0.284. The number of ether oxygens (including phenoxy) is 3. The van der Waals surface area contributed by atoms with Gasteiger partial charge in [0.15, 0.2) is 12.1 Å². The van der Waals surface area contributed by atoms with Gasteiger partial charge in [-0.1, -0.05) is 47.1 Å². The zero-order valence-corrected chi connectivity index (χ0v) is 28.7. The minimum atomic E-state index is -0.898. The molecule has 7 heteroatoms. The van der Waals surface area contributed by atoms with Gasteiger partial charge in [0, 0.05) is 12.3 Å². The Morgan fingerprint density at radius 3 is 2.30 bits per heavy atom. The summed E-state index contributed by atoms with van der Waals surface area (Å²) < 4.78 is 17.9. The second-order valence-corrected chi connectivity index (χ2v) is 17.8. The van der Waals surface area contributed by atoms with Crippen molar-refractivity contribution in [1.29, 1.82) is 0 Å². The SMILES string of the molecule is COC(=O)[C@@]1(C)CC[C@]2(C)CC[C@]3(C)C(=CC(=O)[C@@H]4[C@@]5(C)CC[C@H](O[C@H]6C[C@H](O)[C@@H](O)[C@H](C)O6)C(C)(C)C5CC[C@]43C)[C@@H]2C1. The molecule has 6 rings (SSSR count). The lowest BCUT2D eigenvalue weighted by Crippen LogP contribution is -2.67. The van der Waals surface area contributed by atoms with Crippen molar-refractivity contribution in [1.82, 2.24) is 0 Å². The molecule has 13 atom stereocenters. The Kier molecular flexibility index (Phi) is 7.69. The molecule has 1 saturated heterocycles. The van der Waals surface area contributed by atoms with Gasteiger partial charge in [0.1, 0.15) is 6.10 Å². The third kappa shape index (κ3) is 4.41. The number of aliphatic hydroxyl groups is 2. The third-order valence-corrected chi connectivity index (χ3v) is 15.2. The smallest absolute Gasteiger partial charge is 0.311 e. The van der Waals surface area contributed by atoms with Crippen molar-refractivity contribution in [2.75, 3.05) is 7.11 Å². The van der Waals surface area contributed by atoms with Crippen LogP contribution < -0.4 is 0 Å². The molecule has 248 valence electrons. The van der Waals surface area contributed by atoms with Crippen LogP contribution >= 0.6 is 0 Å². The van der Waals surface area contributed by atoms with Gasteiger partial charge in [-0.25, -0.2) is 0 Å². The first-order chi connectivity index (χ1) is 20.4. The van der Waals surface area contributed by atoms with E-state index in [0.29, 0.717) is 11.7 Å². The summed E-state index contributed by atoms with van der Waals surface area (Å²) in [6, 6.07) is 0. The van der Waals surface area contributed by atoms with Crippen LogP contribution in [0.2, 0.25) is 0 Å². The fraction of sp³-hybridized carbons (Fsp3) is 0.892. The van der Waals surface area contributed by atoms with Gasteiger partial charge < -0.3 is 24.4 Å². The molecule has 0 aromatic carbocycles. The lowest BCUT2D eigenvalue weighted by molar-refractivity contribution is -0.290. The van der Waals surface area contributed by atoms with Gasteiger partial charge in [-0.3, -0.25) is 9.59 Å². The van der Waals surface area contributed by atoms with E-state index in [1.54, 1.807) is 6.92 Å². The predicted molar refractivity (Wildman–Crippen MR) is 167 cm³/mol. The van der Waals surface area contributed by atoms with Crippen LogP contribution in [0.4, 0.5) is 0 Å². The maximum Gasteiger partial charge on any atom is 0.311 e. The largest absolute Gasteiger partial charge is 0.469 e. The number of esters is 1. The number of ketones is 1. The molecule has 1 aliphatic heterocycles. The van der Waals surface area contributed by atoms with E-state index in [1.165, 1.54) is 12.7 Å². The monoisotopic (exact) mass is 614 g/mol. The van der Waals surface area contributed by atoms with E-state index in [4.69, 9.17) is 14.2 Å². The molecule has 5 fully saturated rings. The summed E-state index contributed by atoms with van der Waals surface area (Å²) in [7, 11) is 1.50. The molecule has 0 aromatic rings. The second-order valence-electron chi connectivity index (χ2n) is 17.8. The van der Waals surface area contributed by atoms with Crippen LogP contribution in [0.3, 0.4) is 0 Å². The molecule has 2 N–H and O–H groups in total. The number of hydrogen-bond donors (Lipinski definition) is 2. The molecule has 0 radical (unpaired) electrons. The highest BCUT2D eigenvalue weighted by Gasteiger charge is 2.70. The van der Waals surface area contributed by atoms with Crippen LogP contribution in [0.5, 0.6) is 0 Å². The maximum atomic E-state index is 14.7. The normalized spacial score (nSPS) is 53.3. The van der Waals surface area contributed by atoms with Crippen LogP contribution in [0, 0.1) is 50.2 Å². The van der Waals surface area contributed by atoms with Crippen LogP contribution in [-0.4, -0.2) is 59.8 Å². The average Bonchev–Trinajstić information content (AvgIpc) is 2.94. The van der Waals surface area contributed by atoms with Crippen molar-refractivity contribution in [3.63, 3.8) is 0 Å². The molecule has 0 bridgehead atoms. The van der Waals surface area contributed by atoms with Crippen molar-refractivity contribution >= 4 is 11.8 Å². The molecule has 44 heavy (non-hydrogen) atoms. The van der Waals surface area contributed by atoms with E-state index in [0.717, 1.165) is 57.8 Å². The molecule has 1 heterocycles. The molecule has 4 saturated carbocycles. The summed E-state index contributed by atoms with van der Waals surface area (Å²) in [4.78, 5) is 27.6. The highest BCUT2D eigenvalue weighted by atomic mass is 16.7. The quantitative estimate of drug-likeness (QED) is 0.281. The van der Waals surface area contributed by atoms with Gasteiger partial charge in [0.05, 0.1) is 30.8 Å². The first kappa shape index (κ1) is 32.7. The standard InChI is InChI=1S/C37H58O7/c1-21-29(40)24(38)19-28(43-21)44-27-11-12-35(6)26(32(27,2)3)10-13-37(8)30(35)25(39)18-22-23-20-34(5,31(41)42-9)15-14-33(23,4)16-17-36(22,37)7/h18,21,23-24,26-30,38,40H,10-17,19-20H2,1-9H3/t21-,23-,24-,26?,27-,28-,29-,30+,33+,34-,35-,36+,37+/m0/s1. The molecular formula is C37H58O7. The minimum absolute atomic E-state index is 0.0569. The fourth-order valence-corrected chi connectivity index (χ4v) is 12.1. The summed E-state index contributed by atoms with van der Waals surface area (Å²) in [6.07, 6.45) is 8.06. The Labute approximate surface area is 264 Å². The van der Waals surface area contributed by atoms with Crippen molar-refractivity contribution in [3.8, 4) is 0 Å². The molecule has 0 spiro atoms. The third-order valence-electron chi connectivity index (χ3n) is 15.2. The van der Waals surface area contributed by atoms with E-state index < -0.39 is 30.0 Å². The van der Waals surface area contributed by atoms with E-state index in [9.17, 15) is 19.8 Å². The van der Waals surface area contributed by atoms with Gasteiger partial charge >= 0.3 is 5.97 Å². The molecule has 0 aromatic heterocycles. The second kappa shape index (κ2) is 10.4. The number of rotatable bonds is 3. The molecule has 6 aliphatic rings. The molecule has 0 amide bonds. The average molecular weight is 615 g/mol. The first-order valence-electron chi connectivity index (χ1n) is 17.4. The lowest BCUT2D eigenvalue weighted by atomic mass is 9.33. The Bertz CT molecular complexity index is 1210. The van der Waals surface area contributed by atoms with E-state index >= 15 is 0 Å². The van der Waals surface area contributed by atoms with Crippen molar-refractivity contribution < 1.29 is 34.0 Å². The molecular weight excluding hydrogens is 556 g/mol. The van der Waals surface area contributed by atoms with Crippen LogP contribution in [0.1, 0.15) is 120 Å². The number of fused-ring (bicyclic) bond motifs is 7. The number of carbonyl (C=O) groups excluding carboxylic acids is 2. The Hall–Kier alpha value is -1.28. The Balaban J connectivity index is 1.31. The summed E-state index contributed by atoms with van der Waals surface area (Å²) in [5, 5.41) is 20.6. The fourth-order valence-electron chi connectivity index (χ4n) is 12.1. The predicted octanol–water partition coefficient (Wildman–Crippen LogP) is 6.38. The van der Waals surface area contributed by atoms with Crippen LogP contribution in [0.15, 0.2) is 11.6 Å². The highest BCUT2D eigenvalue weighted by Crippen LogP contribution is 2.75. The maximum absolute atomic E-state index is 14.7. The van der Waals surface area contributed by atoms with Crippen molar-refractivity contribution in [2.45, 2.75) is 150 Å². The van der Waals surface area contributed by atoms with Gasteiger partial charge in [-0.2, -0.15) is 0 Å². The van der Waals surface area contributed by atoms with E-state index in [-0.39, 0.29) is 57.4 Å². The Morgan fingerprint density at radius 1 is 0.955 bits per heavy atom. The summed E-state index contributed by atoms with van der Waals surface area (Å²) >= 11 is 0. The van der Waals surface area contributed by atoms with Gasteiger partial charge in [-0.15, -0.1) is 0 Å². The number of aliphatic hydroxyl groups excluding tert-OH is 2. The van der Waals surface area contributed by atoms with Crippen molar-refractivity contribution in [2.24, 2.45) is 50.2 Å². The summed E-state index contributed by atoms with van der Waals surface area (Å²) in [5.74, 6) is 0.617. The molecule has 5 aliphatic carbocycles. The highest BCUT2D eigenvalue weighted by molar-refractivity contribution is 5.95. The number of carbonyl (C=O) groups is 2. The van der Waals surface area contributed by atoms with Gasteiger partial charge in [0.25, 0.3) is 0 Å². The van der Waals surface area contributed by atoms with Crippen molar-refractivity contribution in [3.05, 3.63) is 11.6 Å². The van der Waals surface area contributed by atoms with Gasteiger partial charge in [0.2, 0.25) is 0 Å². The topological polar surface area (TPSA) is 102 Å². The first-order valence-corrected chi connectivity index (χ1v) is 17.4. The van der Waals surface area contributed by atoms with E-state index in [1.807, 2.05) is 0 Å². The molecule has 7 nitrogen and oxygen atoms in total.